The summed E-state index contributed by atoms with van der Waals surface area (Å²) in [5.74, 6) is 0.438. The van der Waals surface area contributed by atoms with E-state index in [1.165, 1.54) is 17.7 Å². The van der Waals surface area contributed by atoms with Crippen molar-refractivity contribution in [2.45, 2.75) is 57.0 Å². The van der Waals surface area contributed by atoms with E-state index in [1.54, 1.807) is 11.3 Å². The molecule has 1 aromatic rings. The van der Waals surface area contributed by atoms with E-state index in [1.807, 2.05) is 6.07 Å². The van der Waals surface area contributed by atoms with Crippen LogP contribution >= 0.6 is 11.3 Å². The van der Waals surface area contributed by atoms with Gasteiger partial charge in [-0.25, -0.2) is 4.79 Å². The number of rotatable bonds is 4. The van der Waals surface area contributed by atoms with Gasteiger partial charge in [0, 0.05) is 11.4 Å². The monoisotopic (exact) mass is 335 g/mol. The summed E-state index contributed by atoms with van der Waals surface area (Å²) in [6, 6.07) is 3.54. The van der Waals surface area contributed by atoms with E-state index < -0.39 is 6.04 Å². The van der Waals surface area contributed by atoms with Crippen LogP contribution < -0.4 is 16.0 Å². The van der Waals surface area contributed by atoms with Crippen LogP contribution in [0.2, 0.25) is 0 Å². The topological polar surface area (TPSA) is 70.2 Å². The summed E-state index contributed by atoms with van der Waals surface area (Å²) >= 11 is 1.69. The zero-order chi connectivity index (χ0) is 16.1. The van der Waals surface area contributed by atoms with Crippen molar-refractivity contribution in [2.24, 2.45) is 5.92 Å². The highest BCUT2D eigenvalue weighted by Crippen LogP contribution is 2.37. The minimum absolute atomic E-state index is 0.0614. The molecule has 0 unspecified atom stereocenters. The highest BCUT2D eigenvalue weighted by Gasteiger charge is 2.30. The number of thiophene rings is 1. The fraction of sp³-hybridized carbons (Fsp3) is 0.647. The van der Waals surface area contributed by atoms with Gasteiger partial charge >= 0.3 is 6.03 Å². The minimum atomic E-state index is -0.412. The maximum absolute atomic E-state index is 12.4. The van der Waals surface area contributed by atoms with Crippen LogP contribution in [-0.2, 0) is 4.79 Å². The molecular weight excluding hydrogens is 310 g/mol. The number of carbonyl (C=O) groups excluding carboxylic acids is 2. The Bertz CT molecular complexity index is 526. The Morgan fingerprint density at radius 2 is 2.00 bits per heavy atom. The number of amides is 3. The molecule has 0 aromatic carbocycles. The molecule has 6 heteroatoms. The first-order valence-corrected chi connectivity index (χ1v) is 9.50. The SMILES string of the molecule is O=C(N[C@@H]1CCCCNC1=O)N[C@@H](c1cccs1)C1CCCC1. The average Bonchev–Trinajstić information content (AvgIpc) is 3.21. The lowest BCUT2D eigenvalue weighted by Gasteiger charge is -2.25. The maximum Gasteiger partial charge on any atom is 0.315 e. The number of hydrogen-bond donors (Lipinski definition) is 3. The molecule has 3 amide bonds. The van der Waals surface area contributed by atoms with Gasteiger partial charge in [-0.1, -0.05) is 18.9 Å². The van der Waals surface area contributed by atoms with Crippen molar-refractivity contribution in [3.63, 3.8) is 0 Å². The third-order valence-corrected chi connectivity index (χ3v) is 5.80. The molecule has 2 fully saturated rings. The Morgan fingerprint density at radius 1 is 1.22 bits per heavy atom. The quantitative estimate of drug-likeness (QED) is 0.792. The van der Waals surface area contributed by atoms with E-state index in [9.17, 15) is 9.59 Å². The predicted molar refractivity (Wildman–Crippen MR) is 91.3 cm³/mol. The Hall–Kier alpha value is -1.56. The van der Waals surface area contributed by atoms with E-state index in [4.69, 9.17) is 0 Å². The summed E-state index contributed by atoms with van der Waals surface area (Å²) in [5, 5.41) is 10.9. The molecule has 0 spiro atoms. The van der Waals surface area contributed by atoms with Crippen molar-refractivity contribution in [3.05, 3.63) is 22.4 Å². The fourth-order valence-corrected chi connectivity index (χ4v) is 4.47. The Morgan fingerprint density at radius 3 is 2.74 bits per heavy atom. The second kappa shape index (κ2) is 7.81. The molecule has 1 saturated heterocycles. The lowest BCUT2D eigenvalue weighted by Crippen LogP contribution is -2.50. The molecule has 1 aliphatic carbocycles. The van der Waals surface area contributed by atoms with Crippen LogP contribution in [0.25, 0.3) is 0 Å². The van der Waals surface area contributed by atoms with Crippen LogP contribution in [0.15, 0.2) is 17.5 Å². The van der Waals surface area contributed by atoms with Gasteiger partial charge in [0.2, 0.25) is 5.91 Å². The van der Waals surface area contributed by atoms with Gasteiger partial charge in [-0.05, 0) is 49.5 Å². The van der Waals surface area contributed by atoms with Crippen LogP contribution in [0.5, 0.6) is 0 Å². The number of urea groups is 1. The Balaban J connectivity index is 1.62. The van der Waals surface area contributed by atoms with Crippen LogP contribution in [0, 0.1) is 5.92 Å². The van der Waals surface area contributed by atoms with Crippen LogP contribution in [0.4, 0.5) is 4.79 Å². The van der Waals surface area contributed by atoms with Gasteiger partial charge in [0.1, 0.15) is 6.04 Å². The minimum Gasteiger partial charge on any atom is -0.354 e. The fourth-order valence-electron chi connectivity index (χ4n) is 3.60. The second-order valence-electron chi connectivity index (χ2n) is 6.49. The van der Waals surface area contributed by atoms with Gasteiger partial charge < -0.3 is 16.0 Å². The molecule has 3 rings (SSSR count). The van der Waals surface area contributed by atoms with Crippen molar-refractivity contribution in [3.8, 4) is 0 Å². The van der Waals surface area contributed by atoms with Crippen molar-refractivity contribution in [2.75, 3.05) is 6.54 Å². The first-order chi connectivity index (χ1) is 11.2. The molecular formula is C17H25N3O2S. The molecule has 2 aliphatic rings. The summed E-state index contributed by atoms with van der Waals surface area (Å²) < 4.78 is 0. The molecule has 0 radical (unpaired) electrons. The van der Waals surface area contributed by atoms with Crippen molar-refractivity contribution in [1.29, 1.82) is 0 Å². The van der Waals surface area contributed by atoms with Gasteiger partial charge in [0.25, 0.3) is 0 Å². The molecule has 1 aliphatic heterocycles. The molecule has 1 saturated carbocycles. The molecule has 2 atom stereocenters. The highest BCUT2D eigenvalue weighted by molar-refractivity contribution is 7.10. The van der Waals surface area contributed by atoms with Gasteiger partial charge in [-0.2, -0.15) is 0 Å². The van der Waals surface area contributed by atoms with Crippen molar-refractivity contribution < 1.29 is 9.59 Å². The average molecular weight is 335 g/mol. The van der Waals surface area contributed by atoms with Crippen LogP contribution in [0.3, 0.4) is 0 Å². The first-order valence-electron chi connectivity index (χ1n) is 8.62. The molecule has 126 valence electrons. The lowest BCUT2D eigenvalue weighted by atomic mass is 9.97. The zero-order valence-electron chi connectivity index (χ0n) is 13.3. The first kappa shape index (κ1) is 16.3. The van der Waals surface area contributed by atoms with Crippen molar-refractivity contribution in [1.82, 2.24) is 16.0 Å². The number of nitrogens with one attached hydrogen (secondary N) is 3. The van der Waals surface area contributed by atoms with Gasteiger partial charge in [0.05, 0.1) is 6.04 Å². The number of hydrogen-bond acceptors (Lipinski definition) is 3. The van der Waals surface area contributed by atoms with E-state index in [-0.39, 0.29) is 18.0 Å². The summed E-state index contributed by atoms with van der Waals surface area (Å²) in [5.41, 5.74) is 0. The van der Waals surface area contributed by atoms with Gasteiger partial charge in [0.15, 0.2) is 0 Å². The molecule has 2 heterocycles. The zero-order valence-corrected chi connectivity index (χ0v) is 14.2. The highest BCUT2D eigenvalue weighted by atomic mass is 32.1. The van der Waals surface area contributed by atoms with Crippen LogP contribution in [-0.4, -0.2) is 24.5 Å². The smallest absolute Gasteiger partial charge is 0.315 e. The Labute approximate surface area is 141 Å². The van der Waals surface area contributed by atoms with E-state index in [2.05, 4.69) is 27.4 Å². The van der Waals surface area contributed by atoms with Gasteiger partial charge in [-0.3, -0.25) is 4.79 Å². The molecule has 0 bridgehead atoms. The van der Waals surface area contributed by atoms with E-state index in [0.717, 1.165) is 25.7 Å². The molecule has 5 nitrogen and oxygen atoms in total. The second-order valence-corrected chi connectivity index (χ2v) is 7.47. The summed E-state index contributed by atoms with van der Waals surface area (Å²) in [6.07, 6.45) is 7.44. The predicted octanol–water partition coefficient (Wildman–Crippen LogP) is 2.95. The third-order valence-electron chi connectivity index (χ3n) is 4.85. The summed E-state index contributed by atoms with van der Waals surface area (Å²) in [4.78, 5) is 25.6. The molecule has 1 aromatic heterocycles. The molecule has 23 heavy (non-hydrogen) atoms. The standard InChI is InChI=1S/C17H25N3O2S/c21-16-13(8-3-4-10-18-16)19-17(22)20-15(12-6-1-2-7-12)14-9-5-11-23-14/h5,9,11-13,15H,1-4,6-8,10H2,(H,18,21)(H2,19,20,22)/t13-,15-/m1/s1. The summed E-state index contributed by atoms with van der Waals surface area (Å²) in [6.45, 7) is 0.707. The van der Waals surface area contributed by atoms with E-state index >= 15 is 0 Å². The van der Waals surface area contributed by atoms with Crippen molar-refractivity contribution >= 4 is 23.3 Å². The lowest BCUT2D eigenvalue weighted by molar-refractivity contribution is -0.122. The third kappa shape index (κ3) is 4.25. The Kier molecular flexibility index (Phi) is 5.54. The van der Waals surface area contributed by atoms with E-state index in [0.29, 0.717) is 18.9 Å². The maximum atomic E-state index is 12.4. The largest absolute Gasteiger partial charge is 0.354 e. The molecule has 3 N–H and O–H groups in total. The van der Waals surface area contributed by atoms with Gasteiger partial charge in [-0.15, -0.1) is 11.3 Å². The summed E-state index contributed by atoms with van der Waals surface area (Å²) in [7, 11) is 0. The van der Waals surface area contributed by atoms with Crippen LogP contribution in [0.1, 0.15) is 55.9 Å². The number of carbonyl (C=O) groups is 2. The normalized spacial score (nSPS) is 23.8.